The van der Waals surface area contributed by atoms with Gasteiger partial charge in [-0.3, -0.25) is 19.5 Å². The zero-order valence-electron chi connectivity index (χ0n) is 16.7. The van der Waals surface area contributed by atoms with Gasteiger partial charge in [-0.2, -0.15) is 13.2 Å². The van der Waals surface area contributed by atoms with Crippen molar-refractivity contribution in [2.24, 2.45) is 0 Å². The number of methoxy groups -OCH3 is 1. The molecule has 7 nitrogen and oxygen atoms in total. The largest absolute Gasteiger partial charge is 0.497 e. The molecule has 1 aromatic heterocycles. The number of benzene rings is 2. The summed E-state index contributed by atoms with van der Waals surface area (Å²) in [6.07, 6.45) is -4.92. The Morgan fingerprint density at radius 2 is 1.94 bits per heavy atom. The number of carbonyl (C=O) groups excluding carboxylic acids is 2. The van der Waals surface area contributed by atoms with Crippen molar-refractivity contribution in [3.8, 4) is 16.9 Å². The summed E-state index contributed by atoms with van der Waals surface area (Å²) >= 11 is 0. The Kier molecular flexibility index (Phi) is 4.87. The number of amides is 2. The minimum absolute atomic E-state index is 0.0655. The number of para-hydroxylation sites is 1. The molecule has 2 amide bonds. The second-order valence-corrected chi connectivity index (χ2v) is 7.13. The monoisotopic (exact) mass is 432 g/mol. The molecule has 1 atom stereocenters. The van der Waals surface area contributed by atoms with E-state index in [0.717, 1.165) is 4.57 Å². The number of ether oxygens (including phenoxy) is 1. The van der Waals surface area contributed by atoms with Gasteiger partial charge in [0.25, 0.3) is 11.6 Å². The molecular weight excluding hydrogens is 413 g/mol. The van der Waals surface area contributed by atoms with Crippen LogP contribution in [0.1, 0.15) is 19.8 Å². The van der Waals surface area contributed by atoms with Gasteiger partial charge >= 0.3 is 6.18 Å². The fourth-order valence-corrected chi connectivity index (χ4v) is 3.75. The summed E-state index contributed by atoms with van der Waals surface area (Å²) in [6.45, 7) is 1.66. The van der Waals surface area contributed by atoms with Gasteiger partial charge in [0, 0.05) is 12.0 Å². The zero-order valence-corrected chi connectivity index (χ0v) is 16.7. The summed E-state index contributed by atoms with van der Waals surface area (Å²) in [5, 5.41) is 4.11. The van der Waals surface area contributed by atoms with Crippen LogP contribution in [0.3, 0.4) is 0 Å². The third-order valence-electron chi connectivity index (χ3n) is 5.18. The Labute approximate surface area is 175 Å². The number of fused-ring (bicyclic) bond motifs is 3. The SMILES string of the molecule is CCCC(=O)NC1(C(F)(F)F)C(=O)Nc2nc3c(-c4ccc(OC)cc4)cccc3n21. The number of halogens is 3. The van der Waals surface area contributed by atoms with Gasteiger partial charge in [-0.05, 0) is 30.2 Å². The molecule has 2 heterocycles. The van der Waals surface area contributed by atoms with Crippen LogP contribution in [0.4, 0.5) is 19.1 Å². The number of aromatic nitrogens is 2. The van der Waals surface area contributed by atoms with E-state index < -0.39 is 23.7 Å². The average Bonchev–Trinajstić information content (AvgIpc) is 3.22. The highest BCUT2D eigenvalue weighted by molar-refractivity contribution is 6.06. The molecule has 2 N–H and O–H groups in total. The first-order chi connectivity index (χ1) is 14.7. The van der Waals surface area contributed by atoms with E-state index in [2.05, 4.69) is 10.3 Å². The molecule has 0 spiro atoms. The summed E-state index contributed by atoms with van der Waals surface area (Å²) in [4.78, 5) is 29.0. The molecule has 1 aliphatic rings. The quantitative estimate of drug-likeness (QED) is 0.642. The lowest BCUT2D eigenvalue weighted by Gasteiger charge is -2.32. The molecule has 0 saturated carbocycles. The maximum atomic E-state index is 14.3. The van der Waals surface area contributed by atoms with E-state index in [1.54, 1.807) is 43.3 Å². The molecule has 0 fully saturated rings. The van der Waals surface area contributed by atoms with Crippen molar-refractivity contribution in [3.63, 3.8) is 0 Å². The van der Waals surface area contributed by atoms with Crippen LogP contribution in [0.2, 0.25) is 0 Å². The molecule has 3 aromatic rings. The highest BCUT2D eigenvalue weighted by Gasteiger charge is 2.67. The Balaban J connectivity index is 1.93. The summed E-state index contributed by atoms with van der Waals surface area (Å²) in [5.41, 5.74) is -1.66. The first kappa shape index (κ1) is 20.7. The number of anilines is 1. The Morgan fingerprint density at radius 1 is 1.23 bits per heavy atom. The third kappa shape index (κ3) is 3.09. The standard InChI is InChI=1S/C21H19F3N4O3/c1-3-5-16(29)27-20(21(22,23)24)18(30)26-19-25-17-14(6-4-7-15(17)28(19)20)12-8-10-13(31-2)11-9-12/h4,6-11H,3,5H2,1-2H3,(H,27,29)(H,25,26,30). The van der Waals surface area contributed by atoms with Crippen LogP contribution in [0, 0.1) is 0 Å². The number of hydrogen-bond acceptors (Lipinski definition) is 4. The fourth-order valence-electron chi connectivity index (χ4n) is 3.75. The summed E-state index contributed by atoms with van der Waals surface area (Å²) in [5.74, 6) is -1.93. The molecule has 0 bridgehead atoms. The van der Waals surface area contributed by atoms with E-state index in [1.165, 1.54) is 13.2 Å². The molecule has 0 saturated heterocycles. The molecule has 10 heteroatoms. The lowest BCUT2D eigenvalue weighted by atomic mass is 10.0. The Bertz CT molecular complexity index is 1170. The molecule has 1 unspecified atom stereocenters. The summed E-state index contributed by atoms with van der Waals surface area (Å²) in [7, 11) is 1.53. The van der Waals surface area contributed by atoms with Crippen molar-refractivity contribution in [3.05, 3.63) is 42.5 Å². The van der Waals surface area contributed by atoms with E-state index in [-0.39, 0.29) is 23.4 Å². The number of rotatable bonds is 5. The zero-order chi connectivity index (χ0) is 22.4. The minimum atomic E-state index is -5.10. The predicted molar refractivity (Wildman–Crippen MR) is 107 cm³/mol. The normalized spacial score (nSPS) is 18.0. The van der Waals surface area contributed by atoms with E-state index in [4.69, 9.17) is 4.74 Å². The summed E-state index contributed by atoms with van der Waals surface area (Å²) in [6, 6.07) is 11.7. The molecule has 1 aliphatic heterocycles. The smallest absolute Gasteiger partial charge is 0.440 e. The van der Waals surface area contributed by atoms with Crippen LogP contribution in [-0.4, -0.2) is 34.7 Å². The van der Waals surface area contributed by atoms with Crippen LogP contribution in [-0.2, 0) is 15.3 Å². The van der Waals surface area contributed by atoms with E-state index in [9.17, 15) is 22.8 Å². The first-order valence-corrected chi connectivity index (χ1v) is 9.58. The number of carbonyl (C=O) groups is 2. The number of nitrogens with zero attached hydrogens (tertiary/aromatic N) is 2. The van der Waals surface area contributed by atoms with E-state index in [0.29, 0.717) is 23.3 Å². The van der Waals surface area contributed by atoms with Gasteiger partial charge in [-0.1, -0.05) is 31.2 Å². The minimum Gasteiger partial charge on any atom is -0.497 e. The van der Waals surface area contributed by atoms with Crippen molar-refractivity contribution in [2.45, 2.75) is 31.6 Å². The van der Waals surface area contributed by atoms with Crippen molar-refractivity contribution >= 4 is 28.8 Å². The first-order valence-electron chi connectivity index (χ1n) is 9.58. The molecule has 31 heavy (non-hydrogen) atoms. The molecule has 162 valence electrons. The molecule has 2 aromatic carbocycles. The van der Waals surface area contributed by atoms with Crippen molar-refractivity contribution in [1.82, 2.24) is 14.9 Å². The van der Waals surface area contributed by atoms with Gasteiger partial charge in [-0.25, -0.2) is 4.98 Å². The number of nitrogens with one attached hydrogen (secondary N) is 2. The maximum absolute atomic E-state index is 14.3. The average molecular weight is 432 g/mol. The number of hydrogen-bond donors (Lipinski definition) is 2. The highest BCUT2D eigenvalue weighted by Crippen LogP contribution is 2.45. The lowest BCUT2D eigenvalue weighted by molar-refractivity contribution is -0.217. The van der Waals surface area contributed by atoms with Gasteiger partial charge in [-0.15, -0.1) is 0 Å². The molecule has 4 rings (SSSR count). The van der Waals surface area contributed by atoms with Crippen molar-refractivity contribution in [1.29, 1.82) is 0 Å². The number of imidazole rings is 1. The Morgan fingerprint density at radius 3 is 2.55 bits per heavy atom. The van der Waals surface area contributed by atoms with Gasteiger partial charge in [0.05, 0.1) is 18.1 Å². The van der Waals surface area contributed by atoms with Crippen LogP contribution in [0.25, 0.3) is 22.2 Å². The Hall–Kier alpha value is -3.56. The molecule has 0 aliphatic carbocycles. The molecular formula is C21H19F3N4O3. The maximum Gasteiger partial charge on any atom is 0.440 e. The van der Waals surface area contributed by atoms with Crippen molar-refractivity contribution < 1.29 is 27.5 Å². The second-order valence-electron chi connectivity index (χ2n) is 7.13. The van der Waals surface area contributed by atoms with Gasteiger partial charge in [0.2, 0.25) is 11.9 Å². The van der Waals surface area contributed by atoms with Crippen LogP contribution >= 0.6 is 0 Å². The summed E-state index contributed by atoms with van der Waals surface area (Å²) < 4.78 is 48.8. The van der Waals surface area contributed by atoms with Gasteiger partial charge < -0.3 is 10.1 Å². The van der Waals surface area contributed by atoms with E-state index in [1.807, 2.05) is 5.32 Å². The van der Waals surface area contributed by atoms with Gasteiger partial charge in [0.1, 0.15) is 5.75 Å². The predicted octanol–water partition coefficient (Wildman–Crippen LogP) is 3.80. The second kappa shape index (κ2) is 7.29. The third-order valence-corrected chi connectivity index (χ3v) is 5.18. The topological polar surface area (TPSA) is 85.2 Å². The van der Waals surface area contributed by atoms with Crippen molar-refractivity contribution in [2.75, 3.05) is 12.4 Å². The van der Waals surface area contributed by atoms with Crippen LogP contribution < -0.4 is 15.4 Å². The van der Waals surface area contributed by atoms with Gasteiger partial charge in [0.15, 0.2) is 0 Å². The van der Waals surface area contributed by atoms with Crippen LogP contribution in [0.5, 0.6) is 5.75 Å². The fraction of sp³-hybridized carbons (Fsp3) is 0.286. The lowest BCUT2D eigenvalue weighted by Crippen LogP contribution is -2.63. The highest BCUT2D eigenvalue weighted by atomic mass is 19.4. The van der Waals surface area contributed by atoms with E-state index >= 15 is 0 Å². The molecule has 0 radical (unpaired) electrons. The number of alkyl halides is 3. The van der Waals surface area contributed by atoms with Crippen LogP contribution in [0.15, 0.2) is 42.5 Å².